The van der Waals surface area contributed by atoms with Gasteiger partial charge in [0.15, 0.2) is 0 Å². The molecule has 0 saturated carbocycles. The fraction of sp³-hybridized carbons (Fsp3) is 0.462. The molecule has 0 aliphatic carbocycles. The summed E-state index contributed by atoms with van der Waals surface area (Å²) in [6, 6.07) is 9.48. The number of aliphatic hydroxyl groups is 1. The Hall–Kier alpha value is -1.39. The zero-order chi connectivity index (χ0) is 12.7. The average Bonchev–Trinajstić information content (AvgIpc) is 2.34. The fourth-order valence-electron chi connectivity index (χ4n) is 1.59. The average molecular weight is 236 g/mol. The molecule has 0 heterocycles. The van der Waals surface area contributed by atoms with Gasteiger partial charge in [-0.1, -0.05) is 30.3 Å². The van der Waals surface area contributed by atoms with Crippen LogP contribution in [0.1, 0.15) is 25.5 Å². The van der Waals surface area contributed by atoms with E-state index in [2.05, 4.69) is 10.6 Å². The normalized spacial score (nSPS) is 14.1. The Morgan fingerprint density at radius 3 is 2.53 bits per heavy atom. The number of rotatable bonds is 6. The highest BCUT2D eigenvalue weighted by Crippen LogP contribution is 2.15. The summed E-state index contributed by atoms with van der Waals surface area (Å²) in [5.74, 6) is -0.0388. The smallest absolute Gasteiger partial charge is 0.216 e. The number of carbonyl (C=O) groups excluding carboxylic acids is 1. The van der Waals surface area contributed by atoms with Crippen LogP contribution in [0.5, 0.6) is 0 Å². The molecule has 0 radical (unpaired) electrons. The van der Waals surface area contributed by atoms with E-state index in [-0.39, 0.29) is 11.9 Å². The zero-order valence-corrected chi connectivity index (χ0v) is 10.3. The largest absolute Gasteiger partial charge is 0.387 e. The van der Waals surface area contributed by atoms with Crippen molar-refractivity contribution >= 4 is 5.91 Å². The summed E-state index contributed by atoms with van der Waals surface area (Å²) in [7, 11) is 0. The first kappa shape index (κ1) is 13.7. The first-order valence-electron chi connectivity index (χ1n) is 5.82. The Labute approximate surface area is 102 Å². The lowest BCUT2D eigenvalue weighted by Crippen LogP contribution is -2.38. The van der Waals surface area contributed by atoms with Crippen LogP contribution in [0.25, 0.3) is 0 Å². The molecule has 94 valence electrons. The zero-order valence-electron chi connectivity index (χ0n) is 10.3. The van der Waals surface area contributed by atoms with Crippen molar-refractivity contribution in [1.29, 1.82) is 0 Å². The summed E-state index contributed by atoms with van der Waals surface area (Å²) >= 11 is 0. The Bertz CT molecular complexity index is 341. The van der Waals surface area contributed by atoms with Gasteiger partial charge in [0.2, 0.25) is 5.91 Å². The van der Waals surface area contributed by atoms with E-state index in [1.54, 1.807) is 0 Å². The lowest BCUT2D eigenvalue weighted by Gasteiger charge is -2.20. The summed E-state index contributed by atoms with van der Waals surface area (Å²) in [6.45, 7) is 4.62. The summed E-state index contributed by atoms with van der Waals surface area (Å²) in [5.41, 5.74) is 0.895. The number of carbonyl (C=O) groups is 1. The number of aliphatic hydroxyl groups excluding tert-OH is 1. The second-order valence-electron chi connectivity index (χ2n) is 4.08. The second kappa shape index (κ2) is 7.04. The molecule has 0 aliphatic rings. The van der Waals surface area contributed by atoms with Gasteiger partial charge in [-0.2, -0.15) is 0 Å². The van der Waals surface area contributed by atoms with E-state index in [1.165, 1.54) is 6.92 Å². The molecule has 1 amide bonds. The quantitative estimate of drug-likeness (QED) is 0.641. The highest BCUT2D eigenvalue weighted by molar-refractivity contribution is 5.72. The predicted molar refractivity (Wildman–Crippen MR) is 67.6 cm³/mol. The van der Waals surface area contributed by atoms with Gasteiger partial charge in [0, 0.05) is 26.1 Å². The molecule has 1 rings (SSSR count). The number of nitrogens with one attached hydrogen (secondary N) is 2. The first-order chi connectivity index (χ1) is 8.11. The standard InChI is InChI=1S/C13H20N2O2/c1-10(14-8-9-15-11(2)16)13(17)12-6-4-3-5-7-12/h3-7,10,13-14,17H,8-9H2,1-2H3,(H,15,16). The predicted octanol–water partition coefficient (Wildman–Crippen LogP) is 0.834. The van der Waals surface area contributed by atoms with Crippen molar-refractivity contribution in [1.82, 2.24) is 10.6 Å². The SMILES string of the molecule is CC(=O)NCCNC(C)C(O)c1ccccc1. The van der Waals surface area contributed by atoms with Crippen molar-refractivity contribution in [2.75, 3.05) is 13.1 Å². The molecule has 1 aromatic carbocycles. The van der Waals surface area contributed by atoms with Crippen LogP contribution in [0.4, 0.5) is 0 Å². The number of hydrogen-bond donors (Lipinski definition) is 3. The molecule has 0 aromatic heterocycles. The summed E-state index contributed by atoms with van der Waals surface area (Å²) < 4.78 is 0. The lowest BCUT2D eigenvalue weighted by molar-refractivity contribution is -0.118. The third-order valence-electron chi connectivity index (χ3n) is 2.58. The van der Waals surface area contributed by atoms with Gasteiger partial charge in [0.1, 0.15) is 0 Å². The molecule has 4 nitrogen and oxygen atoms in total. The maximum absolute atomic E-state index is 10.7. The monoisotopic (exact) mass is 236 g/mol. The molecule has 1 aromatic rings. The van der Waals surface area contributed by atoms with Crippen molar-refractivity contribution in [3.8, 4) is 0 Å². The maximum atomic E-state index is 10.7. The molecule has 0 fully saturated rings. The van der Waals surface area contributed by atoms with Crippen LogP contribution in [0.2, 0.25) is 0 Å². The van der Waals surface area contributed by atoms with E-state index in [0.29, 0.717) is 13.1 Å². The van der Waals surface area contributed by atoms with Gasteiger partial charge in [-0.25, -0.2) is 0 Å². The minimum atomic E-state index is -0.534. The van der Waals surface area contributed by atoms with Gasteiger partial charge in [0.25, 0.3) is 0 Å². The van der Waals surface area contributed by atoms with Gasteiger partial charge in [-0.3, -0.25) is 4.79 Å². The Morgan fingerprint density at radius 2 is 1.94 bits per heavy atom. The summed E-state index contributed by atoms with van der Waals surface area (Å²) in [6.07, 6.45) is -0.534. The summed E-state index contributed by atoms with van der Waals surface area (Å²) in [5, 5.41) is 15.9. The molecule has 0 aliphatic heterocycles. The third-order valence-corrected chi connectivity index (χ3v) is 2.58. The molecular weight excluding hydrogens is 216 g/mol. The highest BCUT2D eigenvalue weighted by Gasteiger charge is 2.14. The van der Waals surface area contributed by atoms with Gasteiger partial charge in [0.05, 0.1) is 6.10 Å². The number of hydrogen-bond acceptors (Lipinski definition) is 3. The molecule has 0 saturated heterocycles. The molecule has 17 heavy (non-hydrogen) atoms. The van der Waals surface area contributed by atoms with E-state index in [9.17, 15) is 9.90 Å². The van der Waals surface area contributed by atoms with Gasteiger partial charge < -0.3 is 15.7 Å². The molecule has 2 unspecified atom stereocenters. The van der Waals surface area contributed by atoms with Crippen molar-refractivity contribution < 1.29 is 9.90 Å². The molecule has 0 bridgehead atoms. The van der Waals surface area contributed by atoms with Crippen LogP contribution in [0, 0.1) is 0 Å². The molecular formula is C13H20N2O2. The fourth-order valence-corrected chi connectivity index (χ4v) is 1.59. The number of amides is 1. The van der Waals surface area contributed by atoms with E-state index < -0.39 is 6.10 Å². The first-order valence-corrected chi connectivity index (χ1v) is 5.82. The minimum Gasteiger partial charge on any atom is -0.387 e. The molecule has 2 atom stereocenters. The van der Waals surface area contributed by atoms with Crippen LogP contribution in [-0.2, 0) is 4.79 Å². The van der Waals surface area contributed by atoms with Gasteiger partial charge in [-0.05, 0) is 12.5 Å². The van der Waals surface area contributed by atoms with Crippen LogP contribution < -0.4 is 10.6 Å². The molecule has 0 spiro atoms. The van der Waals surface area contributed by atoms with E-state index >= 15 is 0 Å². The van der Waals surface area contributed by atoms with Crippen molar-refractivity contribution in [3.63, 3.8) is 0 Å². The van der Waals surface area contributed by atoms with Gasteiger partial charge >= 0.3 is 0 Å². The van der Waals surface area contributed by atoms with Crippen molar-refractivity contribution in [3.05, 3.63) is 35.9 Å². The Morgan fingerprint density at radius 1 is 1.29 bits per heavy atom. The third kappa shape index (κ3) is 4.97. The number of benzene rings is 1. The van der Waals surface area contributed by atoms with Crippen LogP contribution in [-0.4, -0.2) is 30.1 Å². The highest BCUT2D eigenvalue weighted by atomic mass is 16.3. The topological polar surface area (TPSA) is 61.4 Å². The van der Waals surface area contributed by atoms with Crippen LogP contribution in [0.15, 0.2) is 30.3 Å². The lowest BCUT2D eigenvalue weighted by atomic mass is 10.0. The van der Waals surface area contributed by atoms with E-state index in [0.717, 1.165) is 5.56 Å². The maximum Gasteiger partial charge on any atom is 0.216 e. The Balaban J connectivity index is 2.32. The van der Waals surface area contributed by atoms with Gasteiger partial charge in [-0.15, -0.1) is 0 Å². The van der Waals surface area contributed by atoms with E-state index in [4.69, 9.17) is 0 Å². The van der Waals surface area contributed by atoms with Crippen molar-refractivity contribution in [2.45, 2.75) is 26.0 Å². The van der Waals surface area contributed by atoms with Crippen LogP contribution in [0.3, 0.4) is 0 Å². The Kier molecular flexibility index (Phi) is 5.66. The minimum absolute atomic E-state index is 0.0388. The second-order valence-corrected chi connectivity index (χ2v) is 4.08. The van der Waals surface area contributed by atoms with Crippen LogP contribution >= 0.6 is 0 Å². The molecule has 3 N–H and O–H groups in total. The van der Waals surface area contributed by atoms with E-state index in [1.807, 2.05) is 37.3 Å². The summed E-state index contributed by atoms with van der Waals surface area (Å²) in [4.78, 5) is 10.7. The van der Waals surface area contributed by atoms with Crippen molar-refractivity contribution in [2.24, 2.45) is 0 Å². The molecule has 4 heteroatoms.